The summed E-state index contributed by atoms with van der Waals surface area (Å²) in [5, 5.41) is 0. The van der Waals surface area contributed by atoms with Crippen LogP contribution in [0.3, 0.4) is 0 Å². The SMILES string of the molecule is CN(C(=O)c1cccc(F)c1F)C1CCCCCC1. The lowest BCUT2D eigenvalue weighted by Gasteiger charge is -2.27. The Morgan fingerprint density at radius 2 is 1.79 bits per heavy atom. The summed E-state index contributed by atoms with van der Waals surface area (Å²) in [6, 6.07) is 3.87. The predicted molar refractivity (Wildman–Crippen MR) is 69.9 cm³/mol. The zero-order valence-electron chi connectivity index (χ0n) is 11.2. The Morgan fingerprint density at radius 1 is 1.16 bits per heavy atom. The van der Waals surface area contributed by atoms with E-state index in [1.807, 2.05) is 0 Å². The molecule has 4 heteroatoms. The van der Waals surface area contributed by atoms with Crippen molar-refractivity contribution in [2.45, 2.75) is 44.6 Å². The first-order valence-electron chi connectivity index (χ1n) is 6.82. The molecule has 0 radical (unpaired) electrons. The number of nitrogens with zero attached hydrogens (tertiary/aromatic N) is 1. The van der Waals surface area contributed by atoms with Crippen molar-refractivity contribution in [1.82, 2.24) is 4.90 Å². The molecule has 19 heavy (non-hydrogen) atoms. The standard InChI is InChI=1S/C15H19F2NO/c1-18(11-7-4-2-3-5-8-11)15(19)12-9-6-10-13(16)14(12)17/h6,9-11H,2-5,7-8H2,1H3. The van der Waals surface area contributed by atoms with Crippen molar-refractivity contribution in [3.8, 4) is 0 Å². The zero-order valence-corrected chi connectivity index (χ0v) is 11.2. The summed E-state index contributed by atoms with van der Waals surface area (Å²) in [5.41, 5.74) is -0.174. The van der Waals surface area contributed by atoms with Gasteiger partial charge in [0.2, 0.25) is 0 Å². The van der Waals surface area contributed by atoms with E-state index in [1.54, 1.807) is 11.9 Å². The highest BCUT2D eigenvalue weighted by molar-refractivity contribution is 5.94. The number of hydrogen-bond donors (Lipinski definition) is 0. The summed E-state index contributed by atoms with van der Waals surface area (Å²) < 4.78 is 26.8. The fourth-order valence-corrected chi connectivity index (χ4v) is 2.67. The number of carbonyl (C=O) groups excluding carboxylic acids is 1. The summed E-state index contributed by atoms with van der Waals surface area (Å²) in [4.78, 5) is 13.8. The number of rotatable bonds is 2. The first kappa shape index (κ1) is 14.0. The molecule has 1 fully saturated rings. The van der Waals surface area contributed by atoms with Gasteiger partial charge in [-0.05, 0) is 25.0 Å². The molecule has 0 atom stereocenters. The van der Waals surface area contributed by atoms with Crippen LogP contribution in [-0.2, 0) is 0 Å². The lowest BCUT2D eigenvalue weighted by molar-refractivity contribution is 0.0712. The third kappa shape index (κ3) is 3.11. The lowest BCUT2D eigenvalue weighted by Crippen LogP contribution is -2.37. The average Bonchev–Trinajstić information content (AvgIpc) is 2.69. The molecule has 0 spiro atoms. The smallest absolute Gasteiger partial charge is 0.256 e. The molecule has 0 saturated heterocycles. The van der Waals surface area contributed by atoms with Crippen molar-refractivity contribution < 1.29 is 13.6 Å². The first-order chi connectivity index (χ1) is 9.11. The van der Waals surface area contributed by atoms with Gasteiger partial charge in [-0.15, -0.1) is 0 Å². The molecule has 1 amide bonds. The first-order valence-corrected chi connectivity index (χ1v) is 6.82. The van der Waals surface area contributed by atoms with Crippen molar-refractivity contribution >= 4 is 5.91 Å². The minimum Gasteiger partial charge on any atom is -0.339 e. The third-order valence-electron chi connectivity index (χ3n) is 3.87. The zero-order chi connectivity index (χ0) is 13.8. The van der Waals surface area contributed by atoms with Crippen molar-refractivity contribution in [3.05, 3.63) is 35.4 Å². The Bertz CT molecular complexity index is 453. The van der Waals surface area contributed by atoms with E-state index in [0.29, 0.717) is 0 Å². The average molecular weight is 267 g/mol. The summed E-state index contributed by atoms with van der Waals surface area (Å²) in [6.45, 7) is 0. The second-order valence-electron chi connectivity index (χ2n) is 5.16. The highest BCUT2D eigenvalue weighted by atomic mass is 19.2. The van der Waals surface area contributed by atoms with Crippen LogP contribution in [0.1, 0.15) is 48.9 Å². The molecule has 0 bridgehead atoms. The van der Waals surface area contributed by atoms with E-state index < -0.39 is 17.5 Å². The van der Waals surface area contributed by atoms with E-state index in [-0.39, 0.29) is 11.6 Å². The van der Waals surface area contributed by atoms with Gasteiger partial charge in [-0.1, -0.05) is 31.7 Å². The van der Waals surface area contributed by atoms with Crippen LogP contribution in [0.25, 0.3) is 0 Å². The molecular formula is C15H19F2NO. The van der Waals surface area contributed by atoms with E-state index in [9.17, 15) is 13.6 Å². The quantitative estimate of drug-likeness (QED) is 0.747. The Labute approximate surface area is 112 Å². The molecule has 1 aromatic carbocycles. The van der Waals surface area contributed by atoms with Gasteiger partial charge in [0.15, 0.2) is 11.6 Å². The minimum atomic E-state index is -1.05. The largest absolute Gasteiger partial charge is 0.339 e. The molecule has 104 valence electrons. The predicted octanol–water partition coefficient (Wildman–Crippen LogP) is 3.76. The molecule has 0 unspecified atom stereocenters. The number of benzene rings is 1. The molecule has 1 aliphatic rings. The van der Waals surface area contributed by atoms with Crippen molar-refractivity contribution in [2.75, 3.05) is 7.05 Å². The number of carbonyl (C=O) groups is 1. The second kappa shape index (κ2) is 6.13. The van der Waals surface area contributed by atoms with E-state index in [1.165, 1.54) is 25.0 Å². The molecule has 0 N–H and O–H groups in total. The molecule has 1 saturated carbocycles. The van der Waals surface area contributed by atoms with Crippen molar-refractivity contribution in [1.29, 1.82) is 0 Å². The summed E-state index contributed by atoms with van der Waals surface area (Å²) in [5.74, 6) is -2.45. The van der Waals surface area contributed by atoms with Crippen LogP contribution in [0.2, 0.25) is 0 Å². The second-order valence-corrected chi connectivity index (χ2v) is 5.16. The Morgan fingerprint density at radius 3 is 2.42 bits per heavy atom. The molecule has 0 aromatic heterocycles. The fourth-order valence-electron chi connectivity index (χ4n) is 2.67. The summed E-state index contributed by atoms with van der Waals surface area (Å²) >= 11 is 0. The van der Waals surface area contributed by atoms with Crippen LogP contribution >= 0.6 is 0 Å². The van der Waals surface area contributed by atoms with Gasteiger partial charge in [0.25, 0.3) is 5.91 Å². The van der Waals surface area contributed by atoms with Crippen molar-refractivity contribution in [3.63, 3.8) is 0 Å². The molecule has 2 rings (SSSR count). The molecular weight excluding hydrogens is 248 g/mol. The molecule has 0 aliphatic heterocycles. The molecule has 0 heterocycles. The van der Waals surface area contributed by atoms with Crippen LogP contribution in [0.15, 0.2) is 18.2 Å². The number of halogens is 2. The Kier molecular flexibility index (Phi) is 4.51. The van der Waals surface area contributed by atoms with Crippen LogP contribution in [0.5, 0.6) is 0 Å². The molecule has 1 aromatic rings. The maximum atomic E-state index is 13.6. The molecule has 1 aliphatic carbocycles. The maximum absolute atomic E-state index is 13.6. The summed E-state index contributed by atoms with van der Waals surface area (Å²) in [7, 11) is 1.68. The van der Waals surface area contributed by atoms with E-state index >= 15 is 0 Å². The van der Waals surface area contributed by atoms with Gasteiger partial charge in [-0.25, -0.2) is 8.78 Å². The molecule has 2 nitrogen and oxygen atoms in total. The van der Waals surface area contributed by atoms with Crippen LogP contribution in [-0.4, -0.2) is 23.9 Å². The van der Waals surface area contributed by atoms with Crippen molar-refractivity contribution in [2.24, 2.45) is 0 Å². The van der Waals surface area contributed by atoms with E-state index in [4.69, 9.17) is 0 Å². The topological polar surface area (TPSA) is 20.3 Å². The van der Waals surface area contributed by atoms with Crippen LogP contribution in [0.4, 0.5) is 8.78 Å². The fraction of sp³-hybridized carbons (Fsp3) is 0.533. The Hall–Kier alpha value is -1.45. The monoisotopic (exact) mass is 267 g/mol. The Balaban J connectivity index is 2.15. The number of amides is 1. The van der Waals surface area contributed by atoms with Gasteiger partial charge in [0.1, 0.15) is 0 Å². The summed E-state index contributed by atoms with van der Waals surface area (Å²) in [6.07, 6.45) is 6.44. The van der Waals surface area contributed by atoms with E-state index in [2.05, 4.69) is 0 Å². The van der Waals surface area contributed by atoms with Gasteiger partial charge >= 0.3 is 0 Å². The minimum absolute atomic E-state index is 0.137. The van der Waals surface area contributed by atoms with Gasteiger partial charge in [0.05, 0.1) is 5.56 Å². The maximum Gasteiger partial charge on any atom is 0.256 e. The van der Waals surface area contributed by atoms with Gasteiger partial charge < -0.3 is 4.90 Å². The van der Waals surface area contributed by atoms with Crippen LogP contribution in [0, 0.1) is 11.6 Å². The highest BCUT2D eigenvalue weighted by Crippen LogP contribution is 2.23. The highest BCUT2D eigenvalue weighted by Gasteiger charge is 2.24. The third-order valence-corrected chi connectivity index (χ3v) is 3.87. The van der Waals surface area contributed by atoms with Gasteiger partial charge in [-0.3, -0.25) is 4.79 Å². The van der Waals surface area contributed by atoms with Crippen LogP contribution < -0.4 is 0 Å². The number of hydrogen-bond acceptors (Lipinski definition) is 1. The van der Waals surface area contributed by atoms with Gasteiger partial charge in [0, 0.05) is 13.1 Å². The lowest BCUT2D eigenvalue weighted by atomic mass is 10.1. The normalized spacial score (nSPS) is 17.0. The van der Waals surface area contributed by atoms with Gasteiger partial charge in [-0.2, -0.15) is 0 Å². The van der Waals surface area contributed by atoms with E-state index in [0.717, 1.165) is 31.7 Å².